The Labute approximate surface area is 113 Å². The number of carbonyl (C=O) groups is 1. The van der Waals surface area contributed by atoms with Gasteiger partial charge < -0.3 is 4.74 Å². The van der Waals surface area contributed by atoms with Crippen LogP contribution in [0.3, 0.4) is 0 Å². The minimum atomic E-state index is -4.56. The van der Waals surface area contributed by atoms with Crippen LogP contribution >= 0.6 is 0 Å². The van der Waals surface area contributed by atoms with Gasteiger partial charge in [0.25, 0.3) is 0 Å². The molecule has 0 unspecified atom stereocenters. The summed E-state index contributed by atoms with van der Waals surface area (Å²) in [5, 5.41) is 0. The van der Waals surface area contributed by atoms with Crippen molar-refractivity contribution in [3.63, 3.8) is 0 Å². The number of pyridine rings is 1. The summed E-state index contributed by atoms with van der Waals surface area (Å²) >= 11 is 0. The summed E-state index contributed by atoms with van der Waals surface area (Å²) in [5.74, 6) is -0.269. The quantitative estimate of drug-likeness (QED) is 0.629. The molecule has 2 rings (SSSR count). The van der Waals surface area contributed by atoms with E-state index in [-0.39, 0.29) is 29.8 Å². The topological polar surface area (TPSA) is 39.2 Å². The van der Waals surface area contributed by atoms with Crippen LogP contribution in [0, 0.1) is 0 Å². The van der Waals surface area contributed by atoms with Crippen molar-refractivity contribution >= 4 is 6.29 Å². The lowest BCUT2D eigenvalue weighted by Crippen LogP contribution is -2.34. The molecule has 0 bridgehead atoms. The van der Waals surface area contributed by atoms with E-state index in [1.807, 2.05) is 0 Å². The summed E-state index contributed by atoms with van der Waals surface area (Å²) in [6, 6.07) is 1.05. The van der Waals surface area contributed by atoms with Gasteiger partial charge in [-0.15, -0.1) is 0 Å². The van der Waals surface area contributed by atoms with E-state index in [1.165, 1.54) is 0 Å². The SMILES string of the molecule is C[C@H](Oc1cc(C=O)ncc1C1(F)CCC1)C(F)(F)F. The molecule has 1 aromatic heterocycles. The Morgan fingerprint density at radius 2 is 2.10 bits per heavy atom. The minimum absolute atomic E-state index is 0.0227. The van der Waals surface area contributed by atoms with Gasteiger partial charge in [0.15, 0.2) is 12.4 Å². The van der Waals surface area contributed by atoms with E-state index in [9.17, 15) is 22.4 Å². The Morgan fingerprint density at radius 1 is 1.45 bits per heavy atom. The first-order chi connectivity index (χ1) is 9.26. The van der Waals surface area contributed by atoms with Gasteiger partial charge in [-0.3, -0.25) is 9.78 Å². The maximum absolute atomic E-state index is 14.4. The van der Waals surface area contributed by atoms with Crippen LogP contribution < -0.4 is 4.74 Å². The zero-order valence-electron chi connectivity index (χ0n) is 10.7. The second-order valence-electron chi connectivity index (χ2n) is 4.84. The minimum Gasteiger partial charge on any atom is -0.481 e. The Morgan fingerprint density at radius 3 is 2.55 bits per heavy atom. The third kappa shape index (κ3) is 2.76. The van der Waals surface area contributed by atoms with Gasteiger partial charge in [0.2, 0.25) is 0 Å². The molecule has 1 heterocycles. The van der Waals surface area contributed by atoms with Crippen molar-refractivity contribution < 1.29 is 27.1 Å². The van der Waals surface area contributed by atoms with Gasteiger partial charge in [-0.2, -0.15) is 13.2 Å². The van der Waals surface area contributed by atoms with E-state index in [1.54, 1.807) is 0 Å². The number of hydrogen-bond donors (Lipinski definition) is 0. The largest absolute Gasteiger partial charge is 0.481 e. The van der Waals surface area contributed by atoms with Crippen molar-refractivity contribution in [3.05, 3.63) is 23.5 Å². The Bertz CT molecular complexity index is 512. The fourth-order valence-corrected chi connectivity index (χ4v) is 1.96. The van der Waals surface area contributed by atoms with Crippen molar-refractivity contribution in [2.45, 2.75) is 44.1 Å². The first-order valence-electron chi connectivity index (χ1n) is 6.14. The lowest BCUT2D eigenvalue weighted by Gasteiger charge is -2.35. The van der Waals surface area contributed by atoms with Crippen LogP contribution in [0.4, 0.5) is 17.6 Å². The van der Waals surface area contributed by atoms with Crippen LogP contribution in [0.5, 0.6) is 5.75 Å². The maximum atomic E-state index is 14.4. The summed E-state index contributed by atoms with van der Waals surface area (Å²) in [4.78, 5) is 14.4. The van der Waals surface area contributed by atoms with Gasteiger partial charge in [0, 0.05) is 17.8 Å². The molecule has 20 heavy (non-hydrogen) atoms. The van der Waals surface area contributed by atoms with Crippen LogP contribution in [0.2, 0.25) is 0 Å². The number of aldehydes is 1. The fraction of sp³-hybridized carbons (Fsp3) is 0.538. The third-order valence-corrected chi connectivity index (χ3v) is 3.40. The molecule has 110 valence electrons. The highest BCUT2D eigenvalue weighted by atomic mass is 19.4. The molecule has 0 amide bonds. The van der Waals surface area contributed by atoms with Crippen LogP contribution in [0.25, 0.3) is 0 Å². The lowest BCUT2D eigenvalue weighted by atomic mass is 9.77. The van der Waals surface area contributed by atoms with Crippen LogP contribution in [0.1, 0.15) is 42.2 Å². The number of aromatic nitrogens is 1. The van der Waals surface area contributed by atoms with E-state index in [0.29, 0.717) is 12.7 Å². The Kier molecular flexibility index (Phi) is 3.71. The normalized spacial score (nSPS) is 19.1. The molecular formula is C13H13F4NO2. The summed E-state index contributed by atoms with van der Waals surface area (Å²) in [7, 11) is 0. The Balaban J connectivity index is 2.35. The van der Waals surface area contributed by atoms with Crippen LogP contribution in [-0.2, 0) is 5.67 Å². The highest BCUT2D eigenvalue weighted by molar-refractivity contribution is 5.72. The van der Waals surface area contributed by atoms with E-state index in [0.717, 1.165) is 19.2 Å². The first kappa shape index (κ1) is 14.7. The molecule has 1 aliphatic rings. The van der Waals surface area contributed by atoms with Crippen molar-refractivity contribution in [2.24, 2.45) is 0 Å². The third-order valence-electron chi connectivity index (χ3n) is 3.40. The molecule has 1 aromatic rings. The monoisotopic (exact) mass is 291 g/mol. The summed E-state index contributed by atoms with van der Waals surface area (Å²) in [6.45, 7) is 0.830. The molecule has 1 atom stereocenters. The van der Waals surface area contributed by atoms with Crippen molar-refractivity contribution in [2.75, 3.05) is 0 Å². The number of halogens is 4. The Hall–Kier alpha value is -1.66. The van der Waals surface area contributed by atoms with Gasteiger partial charge in [-0.05, 0) is 26.2 Å². The predicted molar refractivity (Wildman–Crippen MR) is 62.4 cm³/mol. The number of carbonyl (C=O) groups excluding carboxylic acids is 1. The fourth-order valence-electron chi connectivity index (χ4n) is 1.96. The van der Waals surface area contributed by atoms with Crippen molar-refractivity contribution in [1.82, 2.24) is 4.98 Å². The summed E-state index contributed by atoms with van der Waals surface area (Å²) in [5.41, 5.74) is -1.83. The highest BCUT2D eigenvalue weighted by Gasteiger charge is 2.43. The van der Waals surface area contributed by atoms with E-state index >= 15 is 0 Å². The van der Waals surface area contributed by atoms with E-state index < -0.39 is 17.9 Å². The molecule has 7 heteroatoms. The second-order valence-corrected chi connectivity index (χ2v) is 4.84. The first-order valence-corrected chi connectivity index (χ1v) is 6.14. The maximum Gasteiger partial charge on any atom is 0.425 e. The lowest BCUT2D eigenvalue weighted by molar-refractivity contribution is -0.189. The zero-order valence-corrected chi connectivity index (χ0v) is 10.7. The molecule has 1 saturated carbocycles. The average Bonchev–Trinajstić information content (AvgIpc) is 2.34. The second kappa shape index (κ2) is 5.03. The van der Waals surface area contributed by atoms with E-state index in [4.69, 9.17) is 4.74 Å². The predicted octanol–water partition coefficient (Wildman–Crippen LogP) is 3.57. The highest BCUT2D eigenvalue weighted by Crippen LogP contribution is 2.48. The molecule has 3 nitrogen and oxygen atoms in total. The average molecular weight is 291 g/mol. The van der Waals surface area contributed by atoms with Crippen molar-refractivity contribution in [1.29, 1.82) is 0 Å². The number of ether oxygens (including phenoxy) is 1. The van der Waals surface area contributed by atoms with Crippen LogP contribution in [-0.4, -0.2) is 23.6 Å². The summed E-state index contributed by atoms with van der Waals surface area (Å²) in [6.07, 6.45) is -4.11. The molecule has 0 aliphatic heterocycles. The van der Waals surface area contributed by atoms with Gasteiger partial charge in [0.05, 0.1) is 0 Å². The molecule has 0 aromatic carbocycles. The molecule has 1 fully saturated rings. The molecule has 0 saturated heterocycles. The number of alkyl halides is 4. The standard InChI is InChI=1S/C13H13F4NO2/c1-8(13(15,16)17)20-11-5-9(7-19)18-6-10(11)12(14)3-2-4-12/h5-8H,2-4H2,1H3/t8-/m0/s1. The number of nitrogens with zero attached hydrogens (tertiary/aromatic N) is 1. The van der Waals surface area contributed by atoms with Gasteiger partial charge in [0.1, 0.15) is 17.1 Å². The number of rotatable bonds is 4. The molecular weight excluding hydrogens is 278 g/mol. The number of hydrogen-bond acceptors (Lipinski definition) is 3. The van der Waals surface area contributed by atoms with Crippen LogP contribution in [0.15, 0.2) is 12.3 Å². The van der Waals surface area contributed by atoms with Gasteiger partial charge in [-0.25, -0.2) is 4.39 Å². The van der Waals surface area contributed by atoms with Crippen molar-refractivity contribution in [3.8, 4) is 5.75 Å². The van der Waals surface area contributed by atoms with Gasteiger partial charge >= 0.3 is 6.18 Å². The smallest absolute Gasteiger partial charge is 0.425 e. The van der Waals surface area contributed by atoms with Gasteiger partial charge in [-0.1, -0.05) is 0 Å². The molecule has 1 aliphatic carbocycles. The zero-order chi connectivity index (χ0) is 15.0. The molecule has 0 radical (unpaired) electrons. The molecule has 0 spiro atoms. The molecule has 0 N–H and O–H groups in total. The summed E-state index contributed by atoms with van der Waals surface area (Å²) < 4.78 is 56.8. The van der Waals surface area contributed by atoms with E-state index in [2.05, 4.69) is 4.98 Å².